The Morgan fingerprint density at radius 1 is 1.15 bits per heavy atom. The van der Waals surface area contributed by atoms with Crippen LogP contribution in [0.5, 0.6) is 5.75 Å². The van der Waals surface area contributed by atoms with E-state index in [2.05, 4.69) is 15.6 Å². The van der Waals surface area contributed by atoms with Gasteiger partial charge in [-0.05, 0) is 49.6 Å². The molecule has 1 amide bonds. The van der Waals surface area contributed by atoms with E-state index in [1.54, 1.807) is 23.6 Å². The molecular formula is C19H20N4O2S. The Kier molecular flexibility index (Phi) is 5.58. The molecule has 0 bridgehead atoms. The Bertz CT molecular complexity index is 889. The second kappa shape index (κ2) is 8.05. The molecule has 0 atom stereocenters. The van der Waals surface area contributed by atoms with Crippen LogP contribution >= 0.6 is 11.8 Å². The monoisotopic (exact) mass is 368 g/mol. The van der Waals surface area contributed by atoms with Gasteiger partial charge in [-0.25, -0.2) is 4.68 Å². The number of carbonyl (C=O) groups excluding carboxylic acids is 1. The van der Waals surface area contributed by atoms with Gasteiger partial charge in [0.2, 0.25) is 0 Å². The predicted octanol–water partition coefficient (Wildman–Crippen LogP) is 3.83. The average molecular weight is 368 g/mol. The van der Waals surface area contributed by atoms with Crippen LogP contribution < -0.4 is 10.1 Å². The van der Waals surface area contributed by atoms with Crippen LogP contribution in [-0.4, -0.2) is 34.3 Å². The van der Waals surface area contributed by atoms with Gasteiger partial charge in [0.25, 0.3) is 5.91 Å². The average Bonchev–Trinajstić information content (AvgIpc) is 3.08. The van der Waals surface area contributed by atoms with Crippen molar-refractivity contribution in [3.8, 4) is 17.0 Å². The fourth-order valence-corrected chi connectivity index (χ4v) is 2.95. The smallest absolute Gasteiger partial charge is 0.276 e. The van der Waals surface area contributed by atoms with Crippen molar-refractivity contribution in [1.29, 1.82) is 0 Å². The molecule has 0 fully saturated rings. The summed E-state index contributed by atoms with van der Waals surface area (Å²) in [5, 5.41) is 11.3. The Balaban J connectivity index is 1.95. The van der Waals surface area contributed by atoms with Gasteiger partial charge in [0.1, 0.15) is 11.4 Å². The summed E-state index contributed by atoms with van der Waals surface area (Å²) in [5.74, 6) is 1.05. The van der Waals surface area contributed by atoms with Crippen LogP contribution in [0.15, 0.2) is 48.5 Å². The van der Waals surface area contributed by atoms with Crippen LogP contribution in [0, 0.1) is 6.92 Å². The molecule has 1 aromatic heterocycles. The minimum atomic E-state index is -0.237. The molecule has 0 aliphatic carbocycles. The lowest BCUT2D eigenvalue weighted by molar-refractivity contribution is 0.101. The van der Waals surface area contributed by atoms with Gasteiger partial charge < -0.3 is 10.1 Å². The number of amides is 1. The maximum atomic E-state index is 12.9. The maximum absolute atomic E-state index is 12.9. The quantitative estimate of drug-likeness (QED) is 0.716. The molecule has 26 heavy (non-hydrogen) atoms. The van der Waals surface area contributed by atoms with E-state index in [9.17, 15) is 4.79 Å². The van der Waals surface area contributed by atoms with Crippen molar-refractivity contribution in [2.24, 2.45) is 0 Å². The van der Waals surface area contributed by atoms with E-state index in [1.807, 2.05) is 61.7 Å². The standard InChI is InChI=1S/C19H20N4O2S/c1-13-4-8-15(9-5-13)20-19(24)18-17(21-22-23(18)12-26-3)14-6-10-16(25-2)11-7-14/h4-11H,12H2,1-3H3,(H,20,24). The molecule has 2 aromatic carbocycles. The normalized spacial score (nSPS) is 10.6. The second-order valence-electron chi connectivity index (χ2n) is 5.75. The number of rotatable bonds is 6. The largest absolute Gasteiger partial charge is 0.497 e. The van der Waals surface area contributed by atoms with Crippen molar-refractivity contribution in [3.63, 3.8) is 0 Å². The third-order valence-corrected chi connectivity index (χ3v) is 4.38. The Labute approximate surface area is 156 Å². The van der Waals surface area contributed by atoms with Crippen molar-refractivity contribution < 1.29 is 9.53 Å². The molecule has 3 rings (SSSR count). The molecule has 7 heteroatoms. The number of aromatic nitrogens is 3. The van der Waals surface area contributed by atoms with Gasteiger partial charge in [-0.3, -0.25) is 4.79 Å². The number of carbonyl (C=O) groups is 1. The first-order valence-electron chi connectivity index (χ1n) is 8.07. The van der Waals surface area contributed by atoms with Gasteiger partial charge in [-0.1, -0.05) is 22.9 Å². The van der Waals surface area contributed by atoms with Crippen molar-refractivity contribution in [2.45, 2.75) is 12.8 Å². The van der Waals surface area contributed by atoms with Gasteiger partial charge >= 0.3 is 0 Å². The Hall–Kier alpha value is -2.80. The maximum Gasteiger partial charge on any atom is 0.276 e. The third-order valence-electron chi connectivity index (χ3n) is 3.87. The van der Waals surface area contributed by atoms with E-state index in [4.69, 9.17) is 4.74 Å². The number of hydrogen-bond acceptors (Lipinski definition) is 5. The summed E-state index contributed by atoms with van der Waals surface area (Å²) in [4.78, 5) is 12.9. The van der Waals surface area contributed by atoms with Crippen molar-refractivity contribution in [2.75, 3.05) is 18.7 Å². The van der Waals surface area contributed by atoms with Crippen LogP contribution in [0.1, 0.15) is 16.1 Å². The van der Waals surface area contributed by atoms with Gasteiger partial charge in [0.15, 0.2) is 5.69 Å². The number of hydrogen-bond donors (Lipinski definition) is 1. The molecule has 1 heterocycles. The molecule has 0 spiro atoms. The van der Waals surface area contributed by atoms with Crippen LogP contribution in [0.2, 0.25) is 0 Å². The van der Waals surface area contributed by atoms with Crippen molar-refractivity contribution in [3.05, 3.63) is 59.8 Å². The zero-order chi connectivity index (χ0) is 18.5. The molecule has 0 saturated heterocycles. The second-order valence-corrected chi connectivity index (χ2v) is 6.59. The number of benzene rings is 2. The zero-order valence-electron chi connectivity index (χ0n) is 14.9. The molecule has 0 saturated carbocycles. The lowest BCUT2D eigenvalue weighted by Gasteiger charge is -2.09. The highest BCUT2D eigenvalue weighted by Gasteiger charge is 2.21. The summed E-state index contributed by atoms with van der Waals surface area (Å²) < 4.78 is 6.81. The van der Waals surface area contributed by atoms with Crippen molar-refractivity contribution in [1.82, 2.24) is 15.0 Å². The van der Waals surface area contributed by atoms with Crippen LogP contribution in [0.4, 0.5) is 5.69 Å². The summed E-state index contributed by atoms with van der Waals surface area (Å²) in [5.41, 5.74) is 3.66. The zero-order valence-corrected chi connectivity index (χ0v) is 15.7. The van der Waals surface area contributed by atoms with Crippen LogP contribution in [0.3, 0.4) is 0 Å². The minimum absolute atomic E-state index is 0.237. The Morgan fingerprint density at radius 2 is 1.85 bits per heavy atom. The summed E-state index contributed by atoms with van der Waals surface area (Å²) in [6.45, 7) is 2.00. The number of nitrogens with one attached hydrogen (secondary N) is 1. The first-order valence-corrected chi connectivity index (χ1v) is 9.46. The topological polar surface area (TPSA) is 69.0 Å². The molecule has 0 aliphatic heterocycles. The van der Waals surface area contributed by atoms with E-state index >= 15 is 0 Å². The first kappa shape index (κ1) is 18.0. The number of thioether (sulfide) groups is 1. The van der Waals surface area contributed by atoms with Gasteiger partial charge in [0.05, 0.1) is 13.0 Å². The predicted molar refractivity (Wildman–Crippen MR) is 105 cm³/mol. The SMILES string of the molecule is COc1ccc(-c2nnn(CSC)c2C(=O)Nc2ccc(C)cc2)cc1. The third kappa shape index (κ3) is 3.88. The summed E-state index contributed by atoms with van der Waals surface area (Å²) >= 11 is 1.57. The van der Waals surface area contributed by atoms with Gasteiger partial charge in [-0.2, -0.15) is 0 Å². The lowest BCUT2D eigenvalue weighted by Crippen LogP contribution is -2.18. The van der Waals surface area contributed by atoms with Crippen LogP contribution in [0.25, 0.3) is 11.3 Å². The molecule has 6 nitrogen and oxygen atoms in total. The number of nitrogens with zero attached hydrogens (tertiary/aromatic N) is 3. The highest BCUT2D eigenvalue weighted by atomic mass is 32.2. The Morgan fingerprint density at radius 3 is 2.46 bits per heavy atom. The van der Waals surface area contributed by atoms with Gasteiger partial charge in [0, 0.05) is 11.3 Å². The lowest BCUT2D eigenvalue weighted by atomic mass is 10.1. The van der Waals surface area contributed by atoms with Gasteiger partial charge in [-0.15, -0.1) is 16.9 Å². The van der Waals surface area contributed by atoms with E-state index in [1.165, 1.54) is 0 Å². The highest BCUT2D eigenvalue weighted by molar-refractivity contribution is 7.97. The molecule has 134 valence electrons. The molecule has 3 aromatic rings. The summed E-state index contributed by atoms with van der Waals surface area (Å²) in [7, 11) is 1.62. The number of ether oxygens (including phenoxy) is 1. The van der Waals surface area contributed by atoms with Crippen LogP contribution in [-0.2, 0) is 5.88 Å². The number of anilines is 1. The number of aryl methyl sites for hydroxylation is 1. The van der Waals surface area contributed by atoms with E-state index in [-0.39, 0.29) is 5.91 Å². The molecule has 0 unspecified atom stereocenters. The highest BCUT2D eigenvalue weighted by Crippen LogP contribution is 2.25. The first-order chi connectivity index (χ1) is 12.6. The molecule has 0 radical (unpaired) electrons. The molecule has 0 aliphatic rings. The summed E-state index contributed by atoms with van der Waals surface area (Å²) in [6.07, 6.45) is 1.95. The van der Waals surface area contributed by atoms with Crippen molar-refractivity contribution >= 4 is 23.4 Å². The molecular weight excluding hydrogens is 348 g/mol. The van der Waals surface area contributed by atoms with E-state index in [0.29, 0.717) is 17.3 Å². The van der Waals surface area contributed by atoms with E-state index < -0.39 is 0 Å². The minimum Gasteiger partial charge on any atom is -0.497 e. The fraction of sp³-hybridized carbons (Fsp3) is 0.211. The molecule has 1 N–H and O–H groups in total. The number of methoxy groups -OCH3 is 1. The van der Waals surface area contributed by atoms with E-state index in [0.717, 1.165) is 22.6 Å². The summed E-state index contributed by atoms with van der Waals surface area (Å²) in [6, 6.07) is 15.1. The fourth-order valence-electron chi connectivity index (χ4n) is 2.52.